The number of anilines is 1. The summed E-state index contributed by atoms with van der Waals surface area (Å²) in [5.41, 5.74) is 3.58. The average molecular weight is 372 g/mol. The van der Waals surface area contributed by atoms with Gasteiger partial charge in [0.05, 0.1) is 5.56 Å². The van der Waals surface area contributed by atoms with Crippen LogP contribution >= 0.6 is 0 Å². The van der Waals surface area contributed by atoms with Gasteiger partial charge in [0.15, 0.2) is 11.5 Å². The van der Waals surface area contributed by atoms with Crippen molar-refractivity contribution in [2.75, 3.05) is 18.5 Å². The third-order valence-corrected chi connectivity index (χ3v) is 5.10. The lowest BCUT2D eigenvalue weighted by atomic mass is 10.0. The van der Waals surface area contributed by atoms with Gasteiger partial charge in [-0.25, -0.2) is 0 Å². The van der Waals surface area contributed by atoms with Crippen molar-refractivity contribution in [3.05, 3.63) is 89.5 Å². The summed E-state index contributed by atoms with van der Waals surface area (Å²) in [5, 5.41) is 3.53. The fraction of sp³-hybridized carbons (Fsp3) is 0.174. The number of ether oxygens (including phenoxy) is 2. The zero-order valence-corrected chi connectivity index (χ0v) is 15.3. The van der Waals surface area contributed by atoms with Crippen molar-refractivity contribution >= 4 is 11.6 Å². The molecule has 28 heavy (non-hydrogen) atoms. The van der Waals surface area contributed by atoms with Gasteiger partial charge in [-0.15, -0.1) is 0 Å². The number of hydrogen-bond donors (Lipinski definition) is 1. The summed E-state index contributed by atoms with van der Waals surface area (Å²) in [7, 11) is 0. The Morgan fingerprint density at radius 3 is 2.50 bits per heavy atom. The summed E-state index contributed by atoms with van der Waals surface area (Å²) in [6.45, 7) is 1.60. The first-order valence-electron chi connectivity index (χ1n) is 9.39. The molecule has 1 N–H and O–H groups in total. The third-order valence-electron chi connectivity index (χ3n) is 5.10. The van der Waals surface area contributed by atoms with Crippen molar-refractivity contribution in [2.24, 2.45) is 0 Å². The van der Waals surface area contributed by atoms with E-state index in [1.807, 2.05) is 77.7 Å². The molecule has 2 aliphatic heterocycles. The van der Waals surface area contributed by atoms with Crippen molar-refractivity contribution in [2.45, 2.75) is 12.7 Å². The van der Waals surface area contributed by atoms with Crippen LogP contribution < -0.4 is 14.8 Å². The molecule has 1 unspecified atom stereocenters. The van der Waals surface area contributed by atoms with E-state index in [1.54, 1.807) is 0 Å². The number of amides is 1. The number of fused-ring (bicyclic) bond motifs is 2. The molecule has 0 radical (unpaired) electrons. The van der Waals surface area contributed by atoms with Crippen molar-refractivity contribution in [1.82, 2.24) is 4.90 Å². The van der Waals surface area contributed by atoms with Crippen LogP contribution in [0.25, 0.3) is 0 Å². The number of benzene rings is 3. The molecule has 0 bridgehead atoms. The highest BCUT2D eigenvalue weighted by atomic mass is 16.6. The maximum atomic E-state index is 13.3. The Hall–Kier alpha value is -3.47. The molecule has 0 saturated carbocycles. The molecule has 0 aromatic heterocycles. The first kappa shape index (κ1) is 16.7. The molecule has 1 amide bonds. The summed E-state index contributed by atoms with van der Waals surface area (Å²) in [6.07, 6.45) is -0.293. The second kappa shape index (κ2) is 6.93. The molecular weight excluding hydrogens is 352 g/mol. The Morgan fingerprint density at radius 2 is 1.64 bits per heavy atom. The minimum Gasteiger partial charge on any atom is -0.486 e. The summed E-state index contributed by atoms with van der Waals surface area (Å²) in [4.78, 5) is 15.2. The lowest BCUT2D eigenvalue weighted by molar-refractivity contribution is 0.0666. The highest BCUT2D eigenvalue weighted by molar-refractivity contribution is 6.01. The Balaban J connectivity index is 1.56. The van der Waals surface area contributed by atoms with E-state index in [-0.39, 0.29) is 12.1 Å². The average Bonchev–Trinajstić information content (AvgIpc) is 2.76. The molecule has 2 aliphatic rings. The molecule has 1 atom stereocenters. The van der Waals surface area contributed by atoms with Gasteiger partial charge in [-0.1, -0.05) is 48.5 Å². The monoisotopic (exact) mass is 372 g/mol. The first-order chi connectivity index (χ1) is 13.8. The molecule has 0 fully saturated rings. The van der Waals surface area contributed by atoms with Crippen LogP contribution in [0.2, 0.25) is 0 Å². The smallest absolute Gasteiger partial charge is 0.258 e. The number of nitrogens with zero attached hydrogens (tertiary/aromatic N) is 1. The molecule has 2 heterocycles. The van der Waals surface area contributed by atoms with Gasteiger partial charge in [0.25, 0.3) is 5.91 Å². The van der Waals surface area contributed by atoms with Crippen LogP contribution in [0.1, 0.15) is 27.7 Å². The highest BCUT2D eigenvalue weighted by Gasteiger charge is 2.33. The molecular formula is C23H20N2O3. The van der Waals surface area contributed by atoms with E-state index in [0.717, 1.165) is 28.3 Å². The Kier molecular flexibility index (Phi) is 4.13. The summed E-state index contributed by atoms with van der Waals surface area (Å²) < 4.78 is 11.4. The van der Waals surface area contributed by atoms with Crippen LogP contribution in [-0.4, -0.2) is 24.0 Å². The number of rotatable bonds is 3. The van der Waals surface area contributed by atoms with Crippen LogP contribution in [0.3, 0.4) is 0 Å². The second-order valence-corrected chi connectivity index (χ2v) is 6.91. The zero-order valence-electron chi connectivity index (χ0n) is 15.3. The van der Waals surface area contributed by atoms with Gasteiger partial charge in [-0.2, -0.15) is 0 Å². The van der Waals surface area contributed by atoms with Gasteiger partial charge < -0.3 is 19.7 Å². The first-order valence-corrected chi connectivity index (χ1v) is 9.39. The van der Waals surface area contributed by atoms with Gasteiger partial charge in [0.1, 0.15) is 19.4 Å². The minimum absolute atomic E-state index is 0.0121. The molecule has 3 aromatic carbocycles. The van der Waals surface area contributed by atoms with Crippen molar-refractivity contribution in [1.29, 1.82) is 0 Å². The molecule has 3 aromatic rings. The van der Waals surface area contributed by atoms with Crippen LogP contribution in [0.15, 0.2) is 72.8 Å². The standard InChI is InChI=1S/C23H20N2O3/c26-23-18-8-4-5-9-19(18)24-22(25(23)15-16-6-2-1-3-7-16)17-10-11-20-21(14-17)28-13-12-27-20/h1-11,14,22,24H,12-13,15H2. The number of carbonyl (C=O) groups is 1. The van der Waals surface area contributed by atoms with Crippen LogP contribution in [0, 0.1) is 0 Å². The molecule has 5 heteroatoms. The van der Waals surface area contributed by atoms with E-state index in [1.165, 1.54) is 0 Å². The maximum absolute atomic E-state index is 13.3. The van der Waals surface area contributed by atoms with Gasteiger partial charge in [-0.3, -0.25) is 4.79 Å². The van der Waals surface area contributed by atoms with Gasteiger partial charge >= 0.3 is 0 Å². The SMILES string of the molecule is O=C1c2ccccc2NC(c2ccc3c(c2)OCCO3)N1Cc1ccccc1. The van der Waals surface area contributed by atoms with E-state index < -0.39 is 0 Å². The third kappa shape index (κ3) is 2.95. The Morgan fingerprint density at radius 1 is 0.893 bits per heavy atom. The molecule has 140 valence electrons. The van der Waals surface area contributed by atoms with Crippen molar-refractivity contribution in [3.63, 3.8) is 0 Å². The van der Waals surface area contributed by atoms with E-state index in [4.69, 9.17) is 9.47 Å². The molecule has 0 spiro atoms. The van der Waals surface area contributed by atoms with Gasteiger partial charge in [0.2, 0.25) is 0 Å². The van der Waals surface area contributed by atoms with Crippen LogP contribution in [-0.2, 0) is 6.54 Å². The molecule has 0 aliphatic carbocycles. The fourth-order valence-corrected chi connectivity index (χ4v) is 3.73. The minimum atomic E-state index is -0.293. The van der Waals surface area contributed by atoms with Gasteiger partial charge in [0, 0.05) is 12.2 Å². The summed E-state index contributed by atoms with van der Waals surface area (Å²) in [5.74, 6) is 1.47. The zero-order chi connectivity index (χ0) is 18.9. The Bertz CT molecular complexity index is 1020. The lowest BCUT2D eigenvalue weighted by Crippen LogP contribution is -2.42. The highest BCUT2D eigenvalue weighted by Crippen LogP contribution is 2.38. The molecule has 0 saturated heterocycles. The maximum Gasteiger partial charge on any atom is 0.258 e. The Labute approximate surface area is 163 Å². The predicted molar refractivity (Wildman–Crippen MR) is 107 cm³/mol. The number of nitrogens with one attached hydrogen (secondary N) is 1. The van der Waals surface area contributed by atoms with Crippen LogP contribution in [0.5, 0.6) is 11.5 Å². The van der Waals surface area contributed by atoms with Gasteiger partial charge in [-0.05, 0) is 35.4 Å². The number of carbonyl (C=O) groups excluding carboxylic acids is 1. The lowest BCUT2D eigenvalue weighted by Gasteiger charge is -2.38. The van der Waals surface area contributed by atoms with E-state index in [0.29, 0.717) is 25.3 Å². The van der Waals surface area contributed by atoms with E-state index in [9.17, 15) is 4.79 Å². The second-order valence-electron chi connectivity index (χ2n) is 6.91. The largest absolute Gasteiger partial charge is 0.486 e. The van der Waals surface area contributed by atoms with E-state index in [2.05, 4.69) is 5.32 Å². The molecule has 5 nitrogen and oxygen atoms in total. The predicted octanol–water partition coefficient (Wildman–Crippen LogP) is 4.22. The molecule has 5 rings (SSSR count). The quantitative estimate of drug-likeness (QED) is 0.748. The summed E-state index contributed by atoms with van der Waals surface area (Å²) in [6, 6.07) is 23.5. The summed E-state index contributed by atoms with van der Waals surface area (Å²) >= 11 is 0. The van der Waals surface area contributed by atoms with Crippen molar-refractivity contribution < 1.29 is 14.3 Å². The number of para-hydroxylation sites is 1. The van der Waals surface area contributed by atoms with Crippen LogP contribution in [0.4, 0.5) is 5.69 Å². The topological polar surface area (TPSA) is 50.8 Å². The fourth-order valence-electron chi connectivity index (χ4n) is 3.73. The van der Waals surface area contributed by atoms with E-state index >= 15 is 0 Å². The normalized spacial score (nSPS) is 17.6. The number of hydrogen-bond acceptors (Lipinski definition) is 4. The van der Waals surface area contributed by atoms with Crippen molar-refractivity contribution in [3.8, 4) is 11.5 Å².